The number of para-hydroxylation sites is 1. The number of aliphatic hydroxyl groups excluding tert-OH is 1. The predicted octanol–water partition coefficient (Wildman–Crippen LogP) is 0.851. The quantitative estimate of drug-likeness (QED) is 0.587. The van der Waals surface area contributed by atoms with Crippen LogP contribution in [0.4, 0.5) is 0 Å². The van der Waals surface area contributed by atoms with E-state index in [1.165, 1.54) is 0 Å². The van der Waals surface area contributed by atoms with Crippen LogP contribution in [0.25, 0.3) is 0 Å². The number of carbonyl (C=O) groups is 1. The number of aliphatic hydroxyl groups is 1. The fourth-order valence-corrected chi connectivity index (χ4v) is 1.72. The minimum atomic E-state index is -0.594. The highest BCUT2D eigenvalue weighted by Gasteiger charge is 2.06. The number of nitrogens with one attached hydrogen (secondary N) is 2. The molecule has 1 atom stereocenters. The molecule has 3 N–H and O–H groups in total. The lowest BCUT2D eigenvalue weighted by Crippen LogP contribution is -2.34. The van der Waals surface area contributed by atoms with E-state index >= 15 is 0 Å². The number of ether oxygens (including phenoxy) is 1. The highest BCUT2D eigenvalue weighted by atomic mass is 16.5. The van der Waals surface area contributed by atoms with Gasteiger partial charge in [-0.05, 0) is 25.5 Å². The molecule has 0 heterocycles. The minimum absolute atomic E-state index is 0.0191. The second kappa shape index (κ2) is 9.34. The summed E-state index contributed by atoms with van der Waals surface area (Å²) in [5, 5.41) is 15.5. The molecule has 0 radical (unpaired) electrons. The molecule has 1 aromatic rings. The van der Waals surface area contributed by atoms with E-state index in [1.54, 1.807) is 0 Å². The van der Waals surface area contributed by atoms with Gasteiger partial charge in [-0.15, -0.1) is 0 Å². The number of aryl methyl sites for hydroxylation is 1. The van der Waals surface area contributed by atoms with E-state index in [1.807, 2.05) is 38.1 Å². The molecule has 1 rings (SSSR count). The van der Waals surface area contributed by atoms with Gasteiger partial charge in [-0.1, -0.05) is 18.2 Å². The van der Waals surface area contributed by atoms with Crippen molar-refractivity contribution >= 4 is 5.91 Å². The van der Waals surface area contributed by atoms with Gasteiger partial charge in [0.1, 0.15) is 18.5 Å². The molecule has 0 aliphatic rings. The molecular weight excluding hydrogens is 256 g/mol. The van der Waals surface area contributed by atoms with Gasteiger partial charge in [0.25, 0.3) is 0 Å². The second-order valence-electron chi connectivity index (χ2n) is 4.64. The fraction of sp³-hybridized carbons (Fsp3) is 0.533. The Balaban J connectivity index is 2.13. The molecule has 5 nitrogen and oxygen atoms in total. The van der Waals surface area contributed by atoms with Crippen LogP contribution in [-0.4, -0.2) is 43.4 Å². The Morgan fingerprint density at radius 3 is 2.85 bits per heavy atom. The van der Waals surface area contributed by atoms with Gasteiger partial charge in [0.05, 0.1) is 0 Å². The van der Waals surface area contributed by atoms with Crippen LogP contribution in [0.3, 0.4) is 0 Å². The molecule has 112 valence electrons. The zero-order valence-corrected chi connectivity index (χ0v) is 12.2. The molecule has 0 aliphatic carbocycles. The maximum atomic E-state index is 11.2. The SMILES string of the molecule is CCNC(=O)CCNCC(O)COc1ccccc1C. The monoisotopic (exact) mass is 280 g/mol. The Hall–Kier alpha value is -1.59. The zero-order valence-electron chi connectivity index (χ0n) is 12.2. The van der Waals surface area contributed by atoms with Crippen LogP contribution in [0, 0.1) is 6.92 Å². The number of hydrogen-bond acceptors (Lipinski definition) is 4. The molecule has 0 saturated carbocycles. The highest BCUT2D eigenvalue weighted by Crippen LogP contribution is 2.16. The van der Waals surface area contributed by atoms with Gasteiger partial charge >= 0.3 is 0 Å². The Labute approximate surface area is 120 Å². The molecule has 5 heteroatoms. The standard InChI is InChI=1S/C15H24N2O3/c1-3-17-15(19)8-9-16-10-13(18)11-20-14-7-5-4-6-12(14)2/h4-7,13,16,18H,3,8-11H2,1-2H3,(H,17,19). The van der Waals surface area contributed by atoms with Crippen molar-refractivity contribution < 1.29 is 14.6 Å². The van der Waals surface area contributed by atoms with Gasteiger partial charge in [0, 0.05) is 26.1 Å². The summed E-state index contributed by atoms with van der Waals surface area (Å²) >= 11 is 0. The number of amides is 1. The van der Waals surface area contributed by atoms with Crippen molar-refractivity contribution in [2.24, 2.45) is 0 Å². The van der Waals surface area contributed by atoms with E-state index < -0.39 is 6.10 Å². The van der Waals surface area contributed by atoms with Crippen molar-refractivity contribution in [2.75, 3.05) is 26.2 Å². The second-order valence-corrected chi connectivity index (χ2v) is 4.64. The van der Waals surface area contributed by atoms with Crippen LogP contribution >= 0.6 is 0 Å². The molecule has 20 heavy (non-hydrogen) atoms. The molecule has 0 spiro atoms. The summed E-state index contributed by atoms with van der Waals surface area (Å²) in [7, 11) is 0. The third-order valence-corrected chi connectivity index (χ3v) is 2.81. The summed E-state index contributed by atoms with van der Waals surface area (Å²) in [5.41, 5.74) is 1.05. The van der Waals surface area contributed by atoms with E-state index in [9.17, 15) is 9.90 Å². The summed E-state index contributed by atoms with van der Waals surface area (Å²) in [6, 6.07) is 7.69. The molecule has 0 saturated heterocycles. The van der Waals surface area contributed by atoms with Crippen LogP contribution in [0.15, 0.2) is 24.3 Å². The van der Waals surface area contributed by atoms with Crippen molar-refractivity contribution in [1.29, 1.82) is 0 Å². The average molecular weight is 280 g/mol. The molecule has 0 bridgehead atoms. The Bertz CT molecular complexity index is 410. The Morgan fingerprint density at radius 1 is 1.40 bits per heavy atom. The Morgan fingerprint density at radius 2 is 2.15 bits per heavy atom. The van der Waals surface area contributed by atoms with Gasteiger partial charge in [0.2, 0.25) is 5.91 Å². The van der Waals surface area contributed by atoms with E-state index in [-0.39, 0.29) is 12.5 Å². The first-order valence-electron chi connectivity index (χ1n) is 6.97. The first kappa shape index (κ1) is 16.5. The van der Waals surface area contributed by atoms with Gasteiger partial charge < -0.3 is 20.5 Å². The first-order chi connectivity index (χ1) is 9.63. The lowest BCUT2D eigenvalue weighted by molar-refractivity contribution is -0.120. The van der Waals surface area contributed by atoms with Crippen molar-refractivity contribution in [2.45, 2.75) is 26.4 Å². The van der Waals surface area contributed by atoms with Crippen LogP contribution in [0.1, 0.15) is 18.9 Å². The zero-order chi connectivity index (χ0) is 14.8. The third kappa shape index (κ3) is 6.54. The number of benzene rings is 1. The maximum absolute atomic E-state index is 11.2. The van der Waals surface area contributed by atoms with E-state index in [4.69, 9.17) is 4.74 Å². The largest absolute Gasteiger partial charge is 0.491 e. The van der Waals surface area contributed by atoms with Crippen LogP contribution in [-0.2, 0) is 4.79 Å². The van der Waals surface area contributed by atoms with Gasteiger partial charge in [-0.3, -0.25) is 4.79 Å². The van der Waals surface area contributed by atoms with Crippen LogP contribution < -0.4 is 15.4 Å². The molecule has 0 aliphatic heterocycles. The normalized spacial score (nSPS) is 11.9. The summed E-state index contributed by atoms with van der Waals surface area (Å²) in [4.78, 5) is 11.2. The summed E-state index contributed by atoms with van der Waals surface area (Å²) in [5.74, 6) is 0.805. The van der Waals surface area contributed by atoms with Gasteiger partial charge in [0.15, 0.2) is 0 Å². The topological polar surface area (TPSA) is 70.6 Å². The van der Waals surface area contributed by atoms with Gasteiger partial charge in [-0.2, -0.15) is 0 Å². The van der Waals surface area contributed by atoms with E-state index in [0.29, 0.717) is 26.1 Å². The lowest BCUT2D eigenvalue weighted by atomic mass is 10.2. The molecular formula is C15H24N2O3. The van der Waals surface area contributed by atoms with E-state index in [2.05, 4.69) is 10.6 Å². The maximum Gasteiger partial charge on any atom is 0.221 e. The van der Waals surface area contributed by atoms with Crippen molar-refractivity contribution in [3.8, 4) is 5.75 Å². The number of carbonyl (C=O) groups excluding carboxylic acids is 1. The van der Waals surface area contributed by atoms with Crippen molar-refractivity contribution in [3.05, 3.63) is 29.8 Å². The third-order valence-electron chi connectivity index (χ3n) is 2.81. The predicted molar refractivity (Wildman–Crippen MR) is 78.9 cm³/mol. The summed E-state index contributed by atoms with van der Waals surface area (Å²) in [6.45, 7) is 5.69. The number of rotatable bonds is 9. The minimum Gasteiger partial charge on any atom is -0.491 e. The smallest absolute Gasteiger partial charge is 0.221 e. The fourth-order valence-electron chi connectivity index (χ4n) is 1.72. The number of hydrogen-bond donors (Lipinski definition) is 3. The Kier molecular flexibility index (Phi) is 7.69. The van der Waals surface area contributed by atoms with E-state index in [0.717, 1.165) is 11.3 Å². The average Bonchev–Trinajstić information content (AvgIpc) is 2.43. The van der Waals surface area contributed by atoms with Gasteiger partial charge in [-0.25, -0.2) is 0 Å². The van der Waals surface area contributed by atoms with Crippen LogP contribution in [0.2, 0.25) is 0 Å². The molecule has 1 unspecified atom stereocenters. The van der Waals surface area contributed by atoms with Crippen molar-refractivity contribution in [1.82, 2.24) is 10.6 Å². The first-order valence-corrected chi connectivity index (χ1v) is 6.97. The lowest BCUT2D eigenvalue weighted by Gasteiger charge is -2.14. The summed E-state index contributed by atoms with van der Waals surface area (Å²) in [6.07, 6.45) is -0.178. The van der Waals surface area contributed by atoms with Crippen molar-refractivity contribution in [3.63, 3.8) is 0 Å². The molecule has 1 amide bonds. The molecule has 0 aromatic heterocycles. The molecule has 0 fully saturated rings. The van der Waals surface area contributed by atoms with Crippen LogP contribution in [0.5, 0.6) is 5.75 Å². The summed E-state index contributed by atoms with van der Waals surface area (Å²) < 4.78 is 5.55. The molecule has 1 aromatic carbocycles. The highest BCUT2D eigenvalue weighted by molar-refractivity contribution is 5.75.